The average molecular weight is 356 g/mol. The summed E-state index contributed by atoms with van der Waals surface area (Å²) in [5.41, 5.74) is 1.50. The van der Waals surface area contributed by atoms with Gasteiger partial charge in [-0.05, 0) is 46.2 Å². The number of hydrogen-bond acceptors (Lipinski definition) is 4. The number of nitrogens with one attached hydrogen (secondary N) is 1. The molecule has 0 unspecified atom stereocenters. The van der Waals surface area contributed by atoms with E-state index in [1.807, 2.05) is 32.9 Å². The summed E-state index contributed by atoms with van der Waals surface area (Å²) in [6, 6.07) is 6.23. The molecule has 1 N–H and O–H groups in total. The summed E-state index contributed by atoms with van der Waals surface area (Å²) in [7, 11) is -3.57. The average Bonchev–Trinajstić information content (AvgIpc) is 2.47. The second-order valence-electron chi connectivity index (χ2n) is 6.13. The first-order chi connectivity index (χ1) is 11.1. The Morgan fingerprint density at radius 1 is 1.21 bits per heavy atom. The van der Waals surface area contributed by atoms with Crippen molar-refractivity contribution in [3.63, 3.8) is 0 Å². The van der Waals surface area contributed by atoms with Crippen molar-refractivity contribution in [3.8, 4) is 0 Å². The smallest absolute Gasteiger partial charge is 0.243 e. The predicted molar refractivity (Wildman–Crippen MR) is 96.7 cm³/mol. The molecule has 1 atom stereocenters. The lowest BCUT2D eigenvalue weighted by atomic mass is 10.2. The van der Waals surface area contributed by atoms with Crippen LogP contribution in [0.4, 0.5) is 5.69 Å². The number of hydrogen-bond donors (Lipinski definition) is 1. The van der Waals surface area contributed by atoms with Crippen LogP contribution in [-0.4, -0.2) is 45.9 Å². The minimum Gasteiger partial charge on any atom is -0.379 e. The van der Waals surface area contributed by atoms with E-state index in [1.54, 1.807) is 19.1 Å². The lowest BCUT2D eigenvalue weighted by Gasteiger charge is -2.28. The zero-order valence-corrected chi connectivity index (χ0v) is 15.9. The zero-order chi connectivity index (χ0) is 18.3. The summed E-state index contributed by atoms with van der Waals surface area (Å²) < 4.78 is 30.8. The molecule has 1 aromatic rings. The highest BCUT2D eigenvalue weighted by atomic mass is 32.2. The Morgan fingerprint density at radius 3 is 2.29 bits per heavy atom. The van der Waals surface area contributed by atoms with Gasteiger partial charge in [-0.2, -0.15) is 0 Å². The number of anilines is 1. The molecule has 1 rings (SSSR count). The van der Waals surface area contributed by atoms with Gasteiger partial charge in [-0.15, -0.1) is 0 Å². The first kappa shape index (κ1) is 20.4. The van der Waals surface area contributed by atoms with Gasteiger partial charge in [-0.3, -0.25) is 9.10 Å². The Kier molecular flexibility index (Phi) is 7.69. The molecule has 6 nitrogen and oxygen atoms in total. The van der Waals surface area contributed by atoms with E-state index in [0.29, 0.717) is 25.3 Å². The number of benzene rings is 1. The summed E-state index contributed by atoms with van der Waals surface area (Å²) >= 11 is 0. The number of rotatable bonds is 9. The number of nitrogens with zero attached hydrogens (tertiary/aromatic N) is 1. The van der Waals surface area contributed by atoms with Gasteiger partial charge in [-0.1, -0.05) is 17.7 Å². The van der Waals surface area contributed by atoms with Crippen molar-refractivity contribution in [2.24, 2.45) is 0 Å². The fourth-order valence-corrected chi connectivity index (χ4v) is 3.43. The van der Waals surface area contributed by atoms with Crippen LogP contribution in [0, 0.1) is 6.92 Å². The van der Waals surface area contributed by atoms with E-state index in [9.17, 15) is 13.2 Å². The van der Waals surface area contributed by atoms with Crippen LogP contribution in [0.2, 0.25) is 0 Å². The highest BCUT2D eigenvalue weighted by molar-refractivity contribution is 7.92. The molecule has 0 spiro atoms. The quantitative estimate of drug-likeness (QED) is 0.688. The third-order valence-corrected chi connectivity index (χ3v) is 4.69. The number of amides is 1. The first-order valence-electron chi connectivity index (χ1n) is 8.08. The van der Waals surface area contributed by atoms with Gasteiger partial charge >= 0.3 is 0 Å². The molecule has 1 amide bonds. The normalized spacial score (nSPS) is 12.9. The molecule has 136 valence electrons. The topological polar surface area (TPSA) is 75.7 Å². The fourth-order valence-electron chi connectivity index (χ4n) is 2.25. The van der Waals surface area contributed by atoms with E-state index in [0.717, 1.165) is 16.1 Å². The van der Waals surface area contributed by atoms with Crippen LogP contribution in [0.25, 0.3) is 0 Å². The van der Waals surface area contributed by atoms with Gasteiger partial charge in [0.1, 0.15) is 6.04 Å². The van der Waals surface area contributed by atoms with Gasteiger partial charge in [0.2, 0.25) is 15.9 Å². The molecule has 0 saturated carbocycles. The fraction of sp³-hybridized carbons (Fsp3) is 0.588. The van der Waals surface area contributed by atoms with E-state index in [1.165, 1.54) is 0 Å². The van der Waals surface area contributed by atoms with Gasteiger partial charge in [0.25, 0.3) is 0 Å². The Labute approximate surface area is 145 Å². The van der Waals surface area contributed by atoms with Crippen molar-refractivity contribution in [1.82, 2.24) is 5.32 Å². The third kappa shape index (κ3) is 6.49. The Hall–Kier alpha value is -1.60. The summed E-state index contributed by atoms with van der Waals surface area (Å²) in [6.45, 7) is 8.41. The number of carbonyl (C=O) groups excluding carboxylic acids is 1. The summed E-state index contributed by atoms with van der Waals surface area (Å²) in [6.07, 6.45) is 1.94. The van der Waals surface area contributed by atoms with Crippen LogP contribution in [0.1, 0.15) is 32.8 Å². The van der Waals surface area contributed by atoms with Crippen molar-refractivity contribution in [3.05, 3.63) is 29.8 Å². The molecule has 0 fully saturated rings. The predicted octanol–water partition coefficient (Wildman–Crippen LogP) is 2.08. The lowest BCUT2D eigenvalue weighted by molar-refractivity contribution is -0.121. The van der Waals surface area contributed by atoms with Crippen molar-refractivity contribution in [2.45, 2.75) is 46.3 Å². The maximum absolute atomic E-state index is 12.3. The van der Waals surface area contributed by atoms with Gasteiger partial charge in [0.05, 0.1) is 18.0 Å². The van der Waals surface area contributed by atoms with Gasteiger partial charge in [-0.25, -0.2) is 8.42 Å². The molecule has 0 aliphatic carbocycles. The van der Waals surface area contributed by atoms with Gasteiger partial charge in [0, 0.05) is 13.2 Å². The molecule has 0 aliphatic rings. The highest BCUT2D eigenvalue weighted by Gasteiger charge is 2.28. The van der Waals surface area contributed by atoms with E-state index in [-0.39, 0.29) is 12.0 Å². The molecule has 7 heteroatoms. The van der Waals surface area contributed by atoms with Crippen molar-refractivity contribution in [1.29, 1.82) is 0 Å². The standard InChI is InChI=1S/C17H28N2O4S/c1-13(2)23-12-6-11-18-17(20)15(4)19(24(5,21)22)16-9-7-14(3)8-10-16/h7-10,13,15H,6,11-12H2,1-5H3,(H,18,20)/t15-/m1/s1. The van der Waals surface area contributed by atoms with Crippen molar-refractivity contribution < 1.29 is 17.9 Å². The van der Waals surface area contributed by atoms with Crippen molar-refractivity contribution >= 4 is 21.6 Å². The Morgan fingerprint density at radius 2 is 1.79 bits per heavy atom. The number of aryl methyl sites for hydroxylation is 1. The van der Waals surface area contributed by atoms with E-state index in [4.69, 9.17) is 4.74 Å². The van der Waals surface area contributed by atoms with Crippen LogP contribution in [-0.2, 0) is 19.6 Å². The number of sulfonamides is 1. The van der Waals surface area contributed by atoms with E-state index in [2.05, 4.69) is 5.32 Å². The van der Waals surface area contributed by atoms with Gasteiger partial charge in [0.15, 0.2) is 0 Å². The molecule has 1 aromatic carbocycles. The highest BCUT2D eigenvalue weighted by Crippen LogP contribution is 2.21. The van der Waals surface area contributed by atoms with Crippen LogP contribution < -0.4 is 9.62 Å². The Bertz CT molecular complexity index is 626. The second kappa shape index (κ2) is 9.03. The second-order valence-corrected chi connectivity index (χ2v) is 7.99. The molecule has 0 aromatic heterocycles. The van der Waals surface area contributed by atoms with Crippen LogP contribution in [0.5, 0.6) is 0 Å². The molecule has 0 saturated heterocycles. The monoisotopic (exact) mass is 356 g/mol. The lowest BCUT2D eigenvalue weighted by Crippen LogP contribution is -2.48. The van der Waals surface area contributed by atoms with E-state index >= 15 is 0 Å². The van der Waals surface area contributed by atoms with E-state index < -0.39 is 16.1 Å². The first-order valence-corrected chi connectivity index (χ1v) is 9.93. The molecular weight excluding hydrogens is 328 g/mol. The van der Waals surface area contributed by atoms with Crippen LogP contribution in [0.3, 0.4) is 0 Å². The maximum Gasteiger partial charge on any atom is 0.243 e. The molecule has 0 radical (unpaired) electrons. The minimum absolute atomic E-state index is 0.155. The molecule has 0 heterocycles. The van der Waals surface area contributed by atoms with Crippen LogP contribution in [0.15, 0.2) is 24.3 Å². The summed E-state index contributed by atoms with van der Waals surface area (Å²) in [5, 5.41) is 2.76. The van der Waals surface area contributed by atoms with Crippen molar-refractivity contribution in [2.75, 3.05) is 23.7 Å². The number of carbonyl (C=O) groups is 1. The summed E-state index contributed by atoms with van der Waals surface area (Å²) in [4.78, 5) is 12.3. The number of ether oxygens (including phenoxy) is 1. The molecule has 24 heavy (non-hydrogen) atoms. The van der Waals surface area contributed by atoms with Gasteiger partial charge < -0.3 is 10.1 Å². The minimum atomic E-state index is -3.57. The molecule has 0 aliphatic heterocycles. The summed E-state index contributed by atoms with van der Waals surface area (Å²) in [5.74, 6) is -0.328. The molecular formula is C17H28N2O4S. The zero-order valence-electron chi connectivity index (χ0n) is 15.1. The maximum atomic E-state index is 12.3. The van der Waals surface area contributed by atoms with Crippen LogP contribution >= 0.6 is 0 Å². The molecule has 0 bridgehead atoms. The third-order valence-electron chi connectivity index (χ3n) is 3.45. The largest absolute Gasteiger partial charge is 0.379 e. The SMILES string of the molecule is Cc1ccc(N([C@H](C)C(=O)NCCCOC(C)C)S(C)(=O)=O)cc1. The Balaban J connectivity index is 2.73.